The molecule has 0 amide bonds. The fourth-order valence-electron chi connectivity index (χ4n) is 2.67. The lowest BCUT2D eigenvalue weighted by molar-refractivity contribution is 1.11. The largest absolute Gasteiger partial charge is 0.340 e. The first-order valence-corrected chi connectivity index (χ1v) is 9.12. The molecule has 0 bridgehead atoms. The second kappa shape index (κ2) is 6.26. The molecule has 4 aromatic rings. The van der Waals surface area contributed by atoms with Crippen LogP contribution in [0, 0.1) is 0 Å². The number of benzene rings is 2. The zero-order valence-corrected chi connectivity index (χ0v) is 15.0. The Hall–Kier alpha value is -2.37. The Bertz CT molecular complexity index is 1060. The van der Waals surface area contributed by atoms with Gasteiger partial charge in [0.2, 0.25) is 5.43 Å². The summed E-state index contributed by atoms with van der Waals surface area (Å²) in [6, 6.07) is 21.8. The standard InChI is InChI=1S/C19H13BrN2OS/c20-16-17(23)15-11-12-24-19(15)22(14-9-5-2-6-10-14)18(16)21-13-7-3-1-4-8-13/h1-12,21H. The second-order valence-electron chi connectivity index (χ2n) is 5.29. The minimum atomic E-state index is -0.00291. The molecule has 0 atom stereocenters. The Kier molecular flexibility index (Phi) is 3.96. The van der Waals surface area contributed by atoms with Crippen LogP contribution in [-0.4, -0.2) is 4.57 Å². The molecular formula is C19H13BrN2OS. The lowest BCUT2D eigenvalue weighted by Gasteiger charge is -2.18. The molecule has 0 aliphatic rings. The topological polar surface area (TPSA) is 34.0 Å². The van der Waals surface area contributed by atoms with E-state index >= 15 is 0 Å². The van der Waals surface area contributed by atoms with Gasteiger partial charge in [0, 0.05) is 11.4 Å². The summed E-state index contributed by atoms with van der Waals surface area (Å²) in [5, 5.41) is 6.05. The van der Waals surface area contributed by atoms with Crippen LogP contribution in [-0.2, 0) is 0 Å². The third-order valence-corrected chi connectivity index (χ3v) is 5.41. The number of nitrogens with one attached hydrogen (secondary N) is 1. The van der Waals surface area contributed by atoms with Crippen molar-refractivity contribution in [2.75, 3.05) is 5.32 Å². The molecule has 1 N–H and O–H groups in total. The summed E-state index contributed by atoms with van der Waals surface area (Å²) in [5.41, 5.74) is 1.93. The van der Waals surface area contributed by atoms with Crippen molar-refractivity contribution in [2.45, 2.75) is 0 Å². The normalized spacial score (nSPS) is 10.9. The molecule has 0 aliphatic heterocycles. The van der Waals surface area contributed by atoms with Crippen LogP contribution >= 0.6 is 27.3 Å². The molecule has 0 fully saturated rings. The molecule has 4 rings (SSSR count). The van der Waals surface area contributed by atoms with E-state index < -0.39 is 0 Å². The minimum Gasteiger partial charge on any atom is -0.340 e. The number of hydrogen-bond donors (Lipinski definition) is 1. The number of hydrogen-bond acceptors (Lipinski definition) is 3. The molecule has 2 aromatic heterocycles. The van der Waals surface area contributed by atoms with E-state index in [1.54, 1.807) is 11.3 Å². The van der Waals surface area contributed by atoms with Crippen molar-refractivity contribution in [3.63, 3.8) is 0 Å². The summed E-state index contributed by atoms with van der Waals surface area (Å²) < 4.78 is 2.61. The first-order chi connectivity index (χ1) is 11.8. The van der Waals surface area contributed by atoms with E-state index in [0.717, 1.165) is 22.0 Å². The van der Waals surface area contributed by atoms with Gasteiger partial charge in [-0.05, 0) is 51.6 Å². The number of anilines is 2. The first-order valence-electron chi connectivity index (χ1n) is 7.45. The Labute approximate surface area is 151 Å². The minimum absolute atomic E-state index is 0.00291. The van der Waals surface area contributed by atoms with Crippen molar-refractivity contribution < 1.29 is 0 Å². The van der Waals surface area contributed by atoms with Crippen LogP contribution in [0.4, 0.5) is 11.5 Å². The summed E-state index contributed by atoms with van der Waals surface area (Å²) in [6.07, 6.45) is 0. The number of fused-ring (bicyclic) bond motifs is 1. The van der Waals surface area contributed by atoms with Gasteiger partial charge in [0.05, 0.1) is 5.39 Å². The molecule has 3 nitrogen and oxygen atoms in total. The molecule has 2 aromatic carbocycles. The van der Waals surface area contributed by atoms with E-state index in [4.69, 9.17) is 0 Å². The Balaban J connectivity index is 2.04. The van der Waals surface area contributed by atoms with Crippen LogP contribution in [0.2, 0.25) is 0 Å². The highest BCUT2D eigenvalue weighted by molar-refractivity contribution is 9.10. The van der Waals surface area contributed by atoms with E-state index in [0.29, 0.717) is 9.86 Å². The van der Waals surface area contributed by atoms with E-state index in [-0.39, 0.29) is 5.43 Å². The summed E-state index contributed by atoms with van der Waals surface area (Å²) in [5.74, 6) is 0.729. The molecule has 0 unspecified atom stereocenters. The van der Waals surface area contributed by atoms with Crippen LogP contribution in [0.3, 0.4) is 0 Å². The average Bonchev–Trinajstić information content (AvgIpc) is 3.11. The number of pyridine rings is 1. The zero-order chi connectivity index (χ0) is 16.5. The fraction of sp³-hybridized carbons (Fsp3) is 0. The van der Waals surface area contributed by atoms with Crippen molar-refractivity contribution >= 4 is 49.0 Å². The molecule has 0 spiro atoms. The fourth-order valence-corrected chi connectivity index (χ4v) is 4.08. The van der Waals surface area contributed by atoms with Gasteiger partial charge in [0.25, 0.3) is 0 Å². The van der Waals surface area contributed by atoms with Crippen molar-refractivity contribution in [3.8, 4) is 5.69 Å². The van der Waals surface area contributed by atoms with Gasteiger partial charge in [-0.1, -0.05) is 36.4 Å². The van der Waals surface area contributed by atoms with Gasteiger partial charge < -0.3 is 5.32 Å². The van der Waals surface area contributed by atoms with Crippen molar-refractivity contribution in [2.24, 2.45) is 0 Å². The van der Waals surface area contributed by atoms with Crippen LogP contribution in [0.15, 0.2) is 81.4 Å². The molecule has 0 saturated heterocycles. The predicted molar refractivity (Wildman–Crippen MR) is 105 cm³/mol. The van der Waals surface area contributed by atoms with E-state index in [2.05, 4.69) is 25.8 Å². The number of para-hydroxylation sites is 2. The summed E-state index contributed by atoms with van der Waals surface area (Å²) in [7, 11) is 0. The number of thiophene rings is 1. The van der Waals surface area contributed by atoms with Crippen molar-refractivity contribution in [1.29, 1.82) is 0 Å². The molecule has 5 heteroatoms. The van der Waals surface area contributed by atoms with Gasteiger partial charge in [-0.15, -0.1) is 11.3 Å². The van der Waals surface area contributed by atoms with Gasteiger partial charge in [-0.2, -0.15) is 0 Å². The van der Waals surface area contributed by atoms with Crippen molar-refractivity contribution in [1.82, 2.24) is 4.57 Å². The number of rotatable bonds is 3. The quantitative estimate of drug-likeness (QED) is 0.491. The smallest absolute Gasteiger partial charge is 0.206 e. The summed E-state index contributed by atoms with van der Waals surface area (Å²) in [4.78, 5) is 13.6. The Morgan fingerprint density at radius 1 is 0.917 bits per heavy atom. The molecule has 0 aliphatic carbocycles. The Morgan fingerprint density at radius 3 is 2.29 bits per heavy atom. The number of halogens is 1. The van der Waals surface area contributed by atoms with E-state index in [1.165, 1.54) is 0 Å². The molecular weight excluding hydrogens is 384 g/mol. The van der Waals surface area contributed by atoms with Crippen molar-refractivity contribution in [3.05, 3.63) is 86.8 Å². The molecule has 0 saturated carbocycles. The summed E-state index contributed by atoms with van der Waals surface area (Å²) >= 11 is 5.06. The summed E-state index contributed by atoms with van der Waals surface area (Å²) in [6.45, 7) is 0. The Morgan fingerprint density at radius 2 is 1.58 bits per heavy atom. The molecule has 0 radical (unpaired) electrons. The van der Waals surface area contributed by atoms with E-state index in [1.807, 2.05) is 72.1 Å². The van der Waals surface area contributed by atoms with Gasteiger partial charge in [0.15, 0.2) is 0 Å². The molecule has 2 heterocycles. The second-order valence-corrected chi connectivity index (χ2v) is 6.98. The van der Waals surface area contributed by atoms with Crippen LogP contribution < -0.4 is 10.7 Å². The maximum atomic E-state index is 12.7. The number of aromatic nitrogens is 1. The lowest BCUT2D eigenvalue weighted by atomic mass is 10.2. The van der Waals surface area contributed by atoms with Crippen LogP contribution in [0.5, 0.6) is 0 Å². The van der Waals surface area contributed by atoms with Gasteiger partial charge in [-0.25, -0.2) is 0 Å². The molecule has 24 heavy (non-hydrogen) atoms. The van der Waals surface area contributed by atoms with Crippen LogP contribution in [0.25, 0.3) is 15.9 Å². The third kappa shape index (κ3) is 2.56. The van der Waals surface area contributed by atoms with E-state index in [9.17, 15) is 4.79 Å². The first kappa shape index (κ1) is 15.2. The highest BCUT2D eigenvalue weighted by Gasteiger charge is 2.17. The maximum Gasteiger partial charge on any atom is 0.206 e. The van der Waals surface area contributed by atoms with Gasteiger partial charge >= 0.3 is 0 Å². The van der Waals surface area contributed by atoms with Crippen LogP contribution in [0.1, 0.15) is 0 Å². The van der Waals surface area contributed by atoms with Gasteiger partial charge in [0.1, 0.15) is 15.1 Å². The zero-order valence-electron chi connectivity index (χ0n) is 12.6. The molecule has 118 valence electrons. The van der Waals surface area contributed by atoms with Gasteiger partial charge in [-0.3, -0.25) is 9.36 Å². The SMILES string of the molecule is O=c1c(Br)c(Nc2ccccc2)n(-c2ccccc2)c2sccc12. The number of nitrogens with zero attached hydrogens (tertiary/aromatic N) is 1. The average molecular weight is 397 g/mol. The lowest BCUT2D eigenvalue weighted by Crippen LogP contribution is -2.13. The third-order valence-electron chi connectivity index (χ3n) is 3.77. The maximum absolute atomic E-state index is 12.7. The predicted octanol–water partition coefficient (Wildman–Crippen LogP) is 5.56. The highest BCUT2D eigenvalue weighted by atomic mass is 79.9. The highest BCUT2D eigenvalue weighted by Crippen LogP contribution is 2.33. The monoisotopic (exact) mass is 396 g/mol.